The summed E-state index contributed by atoms with van der Waals surface area (Å²) < 4.78 is 6.10. The van der Waals surface area contributed by atoms with Gasteiger partial charge in [-0.15, -0.1) is 0 Å². The van der Waals surface area contributed by atoms with E-state index in [0.29, 0.717) is 23.1 Å². The maximum absolute atomic E-state index is 5.73. The number of nitrogen functional groups attached to an aromatic ring is 1. The van der Waals surface area contributed by atoms with E-state index in [2.05, 4.69) is 31.1 Å². The Morgan fingerprint density at radius 2 is 2.05 bits per heavy atom. The lowest BCUT2D eigenvalue weighted by Crippen LogP contribution is -1.87. The molecule has 1 aromatic carbocycles. The SMILES string of the molecule is Nc1cccc(-c2noc(-c3ccc(Br)cn3)n2)c1. The van der Waals surface area contributed by atoms with E-state index in [0.717, 1.165) is 10.0 Å². The van der Waals surface area contributed by atoms with Gasteiger partial charge in [-0.05, 0) is 40.2 Å². The van der Waals surface area contributed by atoms with Crippen molar-refractivity contribution in [3.63, 3.8) is 0 Å². The first-order chi connectivity index (χ1) is 9.22. The first kappa shape index (κ1) is 11.9. The summed E-state index contributed by atoms with van der Waals surface area (Å²) in [5, 5.41) is 3.93. The predicted molar refractivity (Wildman–Crippen MR) is 75.1 cm³/mol. The molecule has 19 heavy (non-hydrogen) atoms. The van der Waals surface area contributed by atoms with Gasteiger partial charge in [0, 0.05) is 21.9 Å². The van der Waals surface area contributed by atoms with Crippen LogP contribution < -0.4 is 5.73 Å². The quantitative estimate of drug-likeness (QED) is 0.735. The zero-order valence-corrected chi connectivity index (χ0v) is 11.3. The molecule has 0 atom stereocenters. The Kier molecular flexibility index (Phi) is 3.00. The molecule has 2 heterocycles. The van der Waals surface area contributed by atoms with Crippen LogP contribution in [-0.4, -0.2) is 15.1 Å². The van der Waals surface area contributed by atoms with Gasteiger partial charge in [-0.25, -0.2) is 4.98 Å². The van der Waals surface area contributed by atoms with E-state index in [9.17, 15) is 0 Å². The van der Waals surface area contributed by atoms with E-state index in [4.69, 9.17) is 10.3 Å². The van der Waals surface area contributed by atoms with Crippen LogP contribution in [0.15, 0.2) is 51.6 Å². The van der Waals surface area contributed by atoms with Crippen molar-refractivity contribution in [3.05, 3.63) is 47.1 Å². The molecule has 0 saturated heterocycles. The maximum Gasteiger partial charge on any atom is 0.276 e. The highest BCUT2D eigenvalue weighted by Crippen LogP contribution is 2.22. The number of hydrogen-bond acceptors (Lipinski definition) is 5. The van der Waals surface area contributed by atoms with E-state index in [-0.39, 0.29) is 0 Å². The van der Waals surface area contributed by atoms with Gasteiger partial charge < -0.3 is 10.3 Å². The summed E-state index contributed by atoms with van der Waals surface area (Å²) in [4.78, 5) is 8.52. The smallest absolute Gasteiger partial charge is 0.276 e. The van der Waals surface area contributed by atoms with Gasteiger partial charge in [-0.3, -0.25) is 0 Å². The van der Waals surface area contributed by atoms with Gasteiger partial charge in [0.25, 0.3) is 5.89 Å². The number of hydrogen-bond donors (Lipinski definition) is 1. The van der Waals surface area contributed by atoms with Crippen molar-refractivity contribution < 1.29 is 4.52 Å². The molecule has 3 aromatic rings. The van der Waals surface area contributed by atoms with Crippen LogP contribution in [0.25, 0.3) is 23.0 Å². The number of nitrogens with two attached hydrogens (primary N) is 1. The maximum atomic E-state index is 5.73. The minimum atomic E-state index is 0.380. The lowest BCUT2D eigenvalue weighted by atomic mass is 10.2. The van der Waals surface area contributed by atoms with Crippen LogP contribution >= 0.6 is 15.9 Å². The summed E-state index contributed by atoms with van der Waals surface area (Å²) in [5.41, 5.74) is 7.83. The molecule has 0 bridgehead atoms. The van der Waals surface area contributed by atoms with Crippen molar-refractivity contribution >= 4 is 21.6 Å². The fraction of sp³-hybridized carbons (Fsp3) is 0. The number of halogens is 1. The van der Waals surface area contributed by atoms with Crippen molar-refractivity contribution in [2.24, 2.45) is 0 Å². The number of aromatic nitrogens is 3. The fourth-order valence-electron chi connectivity index (χ4n) is 1.62. The Hall–Kier alpha value is -2.21. The third-order valence-corrected chi connectivity index (χ3v) is 2.99. The summed E-state index contributed by atoms with van der Waals surface area (Å²) in [6, 6.07) is 11.0. The average molecular weight is 317 g/mol. The summed E-state index contributed by atoms with van der Waals surface area (Å²) in [7, 11) is 0. The zero-order valence-electron chi connectivity index (χ0n) is 9.75. The Bertz CT molecular complexity index is 709. The molecule has 0 radical (unpaired) electrons. The molecule has 0 unspecified atom stereocenters. The van der Waals surface area contributed by atoms with Crippen LogP contribution in [-0.2, 0) is 0 Å². The molecule has 2 N–H and O–H groups in total. The molecule has 5 nitrogen and oxygen atoms in total. The van der Waals surface area contributed by atoms with Crippen molar-refractivity contribution in [2.75, 3.05) is 5.73 Å². The first-order valence-electron chi connectivity index (χ1n) is 5.54. The second-order valence-electron chi connectivity index (χ2n) is 3.91. The number of nitrogens with zero attached hydrogens (tertiary/aromatic N) is 3. The Balaban J connectivity index is 1.97. The van der Waals surface area contributed by atoms with Crippen molar-refractivity contribution in [1.29, 1.82) is 0 Å². The number of pyridine rings is 1. The molecule has 0 saturated carbocycles. The van der Waals surface area contributed by atoms with Crippen LogP contribution in [0.5, 0.6) is 0 Å². The van der Waals surface area contributed by atoms with Gasteiger partial charge in [-0.2, -0.15) is 4.98 Å². The van der Waals surface area contributed by atoms with E-state index in [1.54, 1.807) is 24.4 Å². The molecule has 0 amide bonds. The van der Waals surface area contributed by atoms with Crippen LogP contribution in [0, 0.1) is 0 Å². The molecule has 2 aromatic heterocycles. The molecule has 0 fully saturated rings. The molecule has 0 aliphatic carbocycles. The van der Waals surface area contributed by atoms with E-state index >= 15 is 0 Å². The summed E-state index contributed by atoms with van der Waals surface area (Å²) in [6.45, 7) is 0. The monoisotopic (exact) mass is 316 g/mol. The molecule has 6 heteroatoms. The first-order valence-corrected chi connectivity index (χ1v) is 6.33. The number of benzene rings is 1. The third kappa shape index (κ3) is 2.48. The van der Waals surface area contributed by atoms with Crippen LogP contribution in [0.1, 0.15) is 0 Å². The third-order valence-electron chi connectivity index (χ3n) is 2.52. The van der Waals surface area contributed by atoms with Crippen molar-refractivity contribution in [3.8, 4) is 23.0 Å². The fourth-order valence-corrected chi connectivity index (χ4v) is 1.86. The van der Waals surface area contributed by atoms with Gasteiger partial charge in [0.2, 0.25) is 5.82 Å². The molecular formula is C13H9BrN4O. The molecule has 0 aliphatic rings. The Labute approximate surface area is 117 Å². The lowest BCUT2D eigenvalue weighted by Gasteiger charge is -1.95. The molecule has 94 valence electrons. The highest BCUT2D eigenvalue weighted by atomic mass is 79.9. The Morgan fingerprint density at radius 1 is 1.16 bits per heavy atom. The second kappa shape index (κ2) is 4.81. The van der Waals surface area contributed by atoms with Gasteiger partial charge in [-0.1, -0.05) is 17.3 Å². The van der Waals surface area contributed by atoms with E-state index in [1.165, 1.54) is 0 Å². The van der Waals surface area contributed by atoms with Crippen molar-refractivity contribution in [2.45, 2.75) is 0 Å². The lowest BCUT2D eigenvalue weighted by molar-refractivity contribution is 0.431. The van der Waals surface area contributed by atoms with Crippen LogP contribution in [0.2, 0.25) is 0 Å². The minimum Gasteiger partial charge on any atom is -0.399 e. The largest absolute Gasteiger partial charge is 0.399 e. The summed E-state index contributed by atoms with van der Waals surface area (Å²) in [6.07, 6.45) is 1.68. The molecule has 0 spiro atoms. The van der Waals surface area contributed by atoms with Crippen LogP contribution in [0.3, 0.4) is 0 Å². The topological polar surface area (TPSA) is 77.8 Å². The van der Waals surface area contributed by atoms with E-state index < -0.39 is 0 Å². The normalized spacial score (nSPS) is 10.6. The second-order valence-corrected chi connectivity index (χ2v) is 4.83. The van der Waals surface area contributed by atoms with Crippen molar-refractivity contribution in [1.82, 2.24) is 15.1 Å². The van der Waals surface area contributed by atoms with Crippen LogP contribution in [0.4, 0.5) is 5.69 Å². The van der Waals surface area contributed by atoms with Gasteiger partial charge in [0.05, 0.1) is 0 Å². The predicted octanol–water partition coefficient (Wildman–Crippen LogP) is 3.14. The number of rotatable bonds is 2. The standard InChI is InChI=1S/C13H9BrN4O/c14-9-4-5-11(16-7-9)13-17-12(18-19-13)8-2-1-3-10(15)6-8/h1-7H,15H2. The van der Waals surface area contributed by atoms with Gasteiger partial charge >= 0.3 is 0 Å². The molecule has 3 rings (SSSR count). The molecule has 0 aliphatic heterocycles. The summed E-state index contributed by atoms with van der Waals surface area (Å²) >= 11 is 3.32. The van der Waals surface area contributed by atoms with E-state index in [1.807, 2.05) is 18.2 Å². The summed E-state index contributed by atoms with van der Waals surface area (Å²) in [5.74, 6) is 0.872. The number of anilines is 1. The highest BCUT2D eigenvalue weighted by Gasteiger charge is 2.11. The van der Waals surface area contributed by atoms with Gasteiger partial charge in [0.1, 0.15) is 5.69 Å². The zero-order chi connectivity index (χ0) is 13.2. The minimum absolute atomic E-state index is 0.380. The average Bonchev–Trinajstić information content (AvgIpc) is 2.89. The van der Waals surface area contributed by atoms with Gasteiger partial charge in [0.15, 0.2) is 0 Å². The Morgan fingerprint density at radius 3 is 2.79 bits per heavy atom. The molecular weight excluding hydrogens is 308 g/mol. The highest BCUT2D eigenvalue weighted by molar-refractivity contribution is 9.10.